The normalized spacial score (nSPS) is 11.4. The Kier molecular flexibility index (Phi) is 5.29. The van der Waals surface area contributed by atoms with Crippen LogP contribution in [0.25, 0.3) is 11.1 Å². The Bertz CT molecular complexity index is 1040. The molecule has 0 spiro atoms. The minimum absolute atomic E-state index is 0.0825. The molecule has 0 amide bonds. The second kappa shape index (κ2) is 7.63. The number of sulfonamides is 1. The molecular weight excluding hydrogens is 350 g/mol. The molecule has 0 fully saturated rings. The summed E-state index contributed by atoms with van der Waals surface area (Å²) in [6.07, 6.45) is 0. The minimum Gasteiger partial charge on any atom is -0.268 e. The van der Waals surface area contributed by atoms with E-state index in [2.05, 4.69) is 9.82 Å². The Balaban J connectivity index is 1.68. The largest absolute Gasteiger partial charge is 0.268 e. The van der Waals surface area contributed by atoms with Crippen molar-refractivity contribution in [2.75, 3.05) is 6.54 Å². The molecule has 0 unspecified atom stereocenters. The van der Waals surface area contributed by atoms with E-state index in [0.29, 0.717) is 5.69 Å². The molecule has 6 nitrogen and oxygen atoms in total. The summed E-state index contributed by atoms with van der Waals surface area (Å²) in [4.78, 5) is 11.9. The van der Waals surface area contributed by atoms with Crippen molar-refractivity contribution < 1.29 is 8.42 Å². The monoisotopic (exact) mass is 369 g/mol. The first-order valence-corrected chi connectivity index (χ1v) is 9.64. The molecule has 0 saturated heterocycles. The van der Waals surface area contributed by atoms with E-state index in [1.807, 2.05) is 30.3 Å². The highest BCUT2D eigenvalue weighted by atomic mass is 32.2. The van der Waals surface area contributed by atoms with Crippen molar-refractivity contribution in [2.24, 2.45) is 0 Å². The zero-order valence-electron chi connectivity index (χ0n) is 14.3. The molecule has 3 aromatic rings. The zero-order chi connectivity index (χ0) is 18.6. The summed E-state index contributed by atoms with van der Waals surface area (Å²) >= 11 is 0. The lowest BCUT2D eigenvalue weighted by atomic mass is 10.1. The first-order valence-electron chi connectivity index (χ1n) is 8.16. The topological polar surface area (TPSA) is 81.1 Å². The second-order valence-electron chi connectivity index (χ2n) is 5.82. The second-order valence-corrected chi connectivity index (χ2v) is 7.59. The average molecular weight is 369 g/mol. The van der Waals surface area contributed by atoms with E-state index in [1.54, 1.807) is 37.3 Å². The fourth-order valence-electron chi connectivity index (χ4n) is 2.54. The molecule has 0 aliphatic heterocycles. The Morgan fingerprint density at radius 3 is 2.27 bits per heavy atom. The van der Waals surface area contributed by atoms with Crippen LogP contribution in [0.1, 0.15) is 5.69 Å². The highest BCUT2D eigenvalue weighted by molar-refractivity contribution is 7.89. The maximum absolute atomic E-state index is 12.4. The van der Waals surface area contributed by atoms with Gasteiger partial charge in [0.25, 0.3) is 5.56 Å². The molecule has 0 bridgehead atoms. The fraction of sp³-hybridized carbons (Fsp3) is 0.158. The van der Waals surface area contributed by atoms with Gasteiger partial charge in [-0.1, -0.05) is 42.5 Å². The van der Waals surface area contributed by atoms with Crippen LogP contribution in [-0.2, 0) is 16.6 Å². The minimum atomic E-state index is -3.65. The highest BCUT2D eigenvalue weighted by Crippen LogP contribution is 2.20. The average Bonchev–Trinajstić information content (AvgIpc) is 2.65. The molecule has 7 heteroatoms. The number of benzene rings is 2. The maximum Gasteiger partial charge on any atom is 0.266 e. The van der Waals surface area contributed by atoms with E-state index < -0.39 is 10.0 Å². The van der Waals surface area contributed by atoms with Gasteiger partial charge in [0.15, 0.2) is 0 Å². The number of aryl methyl sites for hydroxylation is 1. The molecule has 0 aliphatic rings. The highest BCUT2D eigenvalue weighted by Gasteiger charge is 2.13. The van der Waals surface area contributed by atoms with Gasteiger partial charge in [0.1, 0.15) is 0 Å². The number of rotatable bonds is 6. The smallest absolute Gasteiger partial charge is 0.266 e. The van der Waals surface area contributed by atoms with Gasteiger partial charge in [0.05, 0.1) is 17.1 Å². The number of nitrogens with one attached hydrogen (secondary N) is 1. The van der Waals surface area contributed by atoms with Crippen molar-refractivity contribution in [3.63, 3.8) is 0 Å². The van der Waals surface area contributed by atoms with Crippen LogP contribution in [0.15, 0.2) is 76.4 Å². The van der Waals surface area contributed by atoms with Crippen LogP contribution in [0.2, 0.25) is 0 Å². The van der Waals surface area contributed by atoms with Gasteiger partial charge in [-0.3, -0.25) is 4.79 Å². The SMILES string of the molecule is Cc1ccc(=O)n(CCNS(=O)(=O)c2ccc(-c3ccccc3)cc2)n1. The van der Waals surface area contributed by atoms with Gasteiger partial charge < -0.3 is 0 Å². The van der Waals surface area contributed by atoms with Crippen molar-refractivity contribution >= 4 is 10.0 Å². The first kappa shape index (κ1) is 18.0. The third-order valence-corrected chi connectivity index (χ3v) is 5.36. The Morgan fingerprint density at radius 2 is 1.58 bits per heavy atom. The van der Waals surface area contributed by atoms with Gasteiger partial charge in [-0.25, -0.2) is 17.8 Å². The third kappa shape index (κ3) is 4.25. The molecule has 1 N–H and O–H groups in total. The van der Waals surface area contributed by atoms with E-state index in [-0.39, 0.29) is 23.5 Å². The summed E-state index contributed by atoms with van der Waals surface area (Å²) in [5.41, 5.74) is 2.40. The van der Waals surface area contributed by atoms with Crippen molar-refractivity contribution in [1.29, 1.82) is 0 Å². The first-order chi connectivity index (χ1) is 12.5. The van der Waals surface area contributed by atoms with Crippen LogP contribution >= 0.6 is 0 Å². The number of nitrogens with zero attached hydrogens (tertiary/aromatic N) is 2. The van der Waals surface area contributed by atoms with Crippen molar-refractivity contribution in [3.05, 3.63) is 82.8 Å². The lowest BCUT2D eigenvalue weighted by molar-refractivity contribution is 0.544. The Hall–Kier alpha value is -2.77. The summed E-state index contributed by atoms with van der Waals surface area (Å²) in [6.45, 7) is 2.02. The molecule has 0 radical (unpaired) electrons. The Morgan fingerprint density at radius 1 is 0.923 bits per heavy atom. The van der Waals surface area contributed by atoms with Crippen molar-refractivity contribution in [3.8, 4) is 11.1 Å². The van der Waals surface area contributed by atoms with E-state index >= 15 is 0 Å². The quantitative estimate of drug-likeness (QED) is 0.722. The molecule has 1 heterocycles. The lowest BCUT2D eigenvalue weighted by Crippen LogP contribution is -2.32. The van der Waals surface area contributed by atoms with E-state index in [1.165, 1.54) is 10.7 Å². The molecule has 0 atom stereocenters. The number of aromatic nitrogens is 2. The standard InChI is InChI=1S/C19H19N3O3S/c1-15-7-12-19(23)22(21-15)14-13-20-26(24,25)18-10-8-17(9-11-18)16-5-3-2-4-6-16/h2-12,20H,13-14H2,1H3. The molecule has 0 saturated carbocycles. The summed E-state index contributed by atoms with van der Waals surface area (Å²) in [5.74, 6) is 0. The van der Waals surface area contributed by atoms with Gasteiger partial charge in [-0.2, -0.15) is 5.10 Å². The van der Waals surface area contributed by atoms with E-state index in [9.17, 15) is 13.2 Å². The number of hydrogen-bond acceptors (Lipinski definition) is 4. The van der Waals surface area contributed by atoms with E-state index in [0.717, 1.165) is 11.1 Å². The number of hydrogen-bond donors (Lipinski definition) is 1. The van der Waals surface area contributed by atoms with E-state index in [4.69, 9.17) is 0 Å². The van der Waals surface area contributed by atoms with Gasteiger partial charge in [-0.05, 0) is 36.2 Å². The van der Waals surface area contributed by atoms with Crippen LogP contribution in [0, 0.1) is 6.92 Å². The maximum atomic E-state index is 12.4. The molecule has 26 heavy (non-hydrogen) atoms. The predicted octanol–water partition coefficient (Wildman–Crippen LogP) is 2.20. The molecular formula is C19H19N3O3S. The van der Waals surface area contributed by atoms with Gasteiger partial charge in [0, 0.05) is 12.6 Å². The van der Waals surface area contributed by atoms with Gasteiger partial charge in [-0.15, -0.1) is 0 Å². The summed E-state index contributed by atoms with van der Waals surface area (Å²) in [5, 5.41) is 4.08. The lowest BCUT2D eigenvalue weighted by Gasteiger charge is -2.09. The van der Waals surface area contributed by atoms with Crippen molar-refractivity contribution in [1.82, 2.24) is 14.5 Å². The van der Waals surface area contributed by atoms with Crippen LogP contribution in [-0.4, -0.2) is 24.7 Å². The molecule has 3 rings (SSSR count). The fourth-order valence-corrected chi connectivity index (χ4v) is 3.56. The predicted molar refractivity (Wildman–Crippen MR) is 100 cm³/mol. The van der Waals surface area contributed by atoms with Crippen LogP contribution in [0.4, 0.5) is 0 Å². The molecule has 134 valence electrons. The van der Waals surface area contributed by atoms with Crippen LogP contribution in [0.3, 0.4) is 0 Å². The van der Waals surface area contributed by atoms with Crippen molar-refractivity contribution in [2.45, 2.75) is 18.4 Å². The van der Waals surface area contributed by atoms with Crippen LogP contribution < -0.4 is 10.3 Å². The zero-order valence-corrected chi connectivity index (χ0v) is 15.1. The van der Waals surface area contributed by atoms with Gasteiger partial charge >= 0.3 is 0 Å². The molecule has 2 aromatic carbocycles. The van der Waals surface area contributed by atoms with Crippen LogP contribution in [0.5, 0.6) is 0 Å². The summed E-state index contributed by atoms with van der Waals surface area (Å²) in [6, 6.07) is 19.5. The van der Waals surface area contributed by atoms with Gasteiger partial charge in [0.2, 0.25) is 10.0 Å². The summed E-state index contributed by atoms with van der Waals surface area (Å²) < 4.78 is 28.6. The summed E-state index contributed by atoms with van der Waals surface area (Å²) in [7, 11) is -3.65. The molecule has 1 aromatic heterocycles. The molecule has 0 aliphatic carbocycles. The Labute approximate surface area is 152 Å². The third-order valence-electron chi connectivity index (χ3n) is 3.89.